The van der Waals surface area contributed by atoms with Crippen LogP contribution in [0.5, 0.6) is 0 Å². The Hall–Kier alpha value is -1.06. The zero-order chi connectivity index (χ0) is 11.0. The summed E-state index contributed by atoms with van der Waals surface area (Å²) in [5.74, 6) is 1.37. The summed E-state index contributed by atoms with van der Waals surface area (Å²) in [6.45, 7) is 12.3. The summed E-state index contributed by atoms with van der Waals surface area (Å²) >= 11 is 0. The van der Waals surface area contributed by atoms with Crippen molar-refractivity contribution in [1.82, 2.24) is 20.4 Å². The summed E-state index contributed by atoms with van der Waals surface area (Å²) in [6.07, 6.45) is 0. The van der Waals surface area contributed by atoms with Gasteiger partial charge in [-0.25, -0.2) is 0 Å². The fourth-order valence-electron chi connectivity index (χ4n) is 0.829. The quantitative estimate of drug-likeness (QED) is 0.632. The van der Waals surface area contributed by atoms with E-state index in [0.717, 1.165) is 0 Å². The van der Waals surface area contributed by atoms with Gasteiger partial charge in [0.25, 0.3) is 0 Å². The molecule has 0 spiro atoms. The maximum absolute atomic E-state index is 4.09. The molecule has 0 unspecified atom stereocenters. The SMILES string of the molecule is CC(C)(C)c1nnc(C(C)(C)C)nn1. The Bertz CT molecular complexity index is 269. The molecule has 0 fully saturated rings. The van der Waals surface area contributed by atoms with E-state index in [1.54, 1.807) is 0 Å². The van der Waals surface area contributed by atoms with E-state index in [-0.39, 0.29) is 10.8 Å². The van der Waals surface area contributed by atoms with E-state index < -0.39 is 0 Å². The lowest BCUT2D eigenvalue weighted by molar-refractivity contribution is 0.471. The molecular formula is C10H18N4. The number of rotatable bonds is 0. The first kappa shape index (κ1) is 11.0. The smallest absolute Gasteiger partial charge is 0.131 e. The molecule has 0 aliphatic heterocycles. The molecule has 0 saturated heterocycles. The highest BCUT2D eigenvalue weighted by molar-refractivity contribution is 5.01. The van der Waals surface area contributed by atoms with Crippen LogP contribution in [0.4, 0.5) is 0 Å². The van der Waals surface area contributed by atoms with Crippen molar-refractivity contribution in [2.75, 3.05) is 0 Å². The van der Waals surface area contributed by atoms with Crippen molar-refractivity contribution in [2.45, 2.75) is 52.4 Å². The normalized spacial score (nSPS) is 13.0. The molecule has 1 aromatic heterocycles. The number of hydrogen-bond donors (Lipinski definition) is 0. The molecule has 0 bridgehead atoms. The highest BCUT2D eigenvalue weighted by Crippen LogP contribution is 2.19. The van der Waals surface area contributed by atoms with Gasteiger partial charge in [0.2, 0.25) is 0 Å². The average molecular weight is 194 g/mol. The number of aromatic nitrogens is 4. The van der Waals surface area contributed by atoms with Gasteiger partial charge in [-0.2, -0.15) is 0 Å². The zero-order valence-corrected chi connectivity index (χ0v) is 9.79. The van der Waals surface area contributed by atoms with Crippen LogP contribution in [-0.4, -0.2) is 20.4 Å². The molecule has 4 nitrogen and oxygen atoms in total. The molecule has 4 heteroatoms. The molecule has 1 aromatic rings. The van der Waals surface area contributed by atoms with E-state index in [4.69, 9.17) is 0 Å². The fraction of sp³-hybridized carbons (Fsp3) is 0.800. The molecule has 0 aromatic carbocycles. The second-order valence-electron chi connectivity index (χ2n) is 5.55. The molecule has 0 aliphatic carbocycles. The Balaban J connectivity index is 3.02. The van der Waals surface area contributed by atoms with Gasteiger partial charge in [0.05, 0.1) is 0 Å². The van der Waals surface area contributed by atoms with Gasteiger partial charge in [0.1, 0.15) is 0 Å². The number of nitrogens with zero attached hydrogens (tertiary/aromatic N) is 4. The first-order valence-corrected chi connectivity index (χ1v) is 4.79. The van der Waals surface area contributed by atoms with Crippen LogP contribution in [0.2, 0.25) is 0 Å². The van der Waals surface area contributed by atoms with Crippen molar-refractivity contribution in [3.8, 4) is 0 Å². The van der Waals surface area contributed by atoms with Crippen molar-refractivity contribution in [3.05, 3.63) is 11.6 Å². The Morgan fingerprint density at radius 3 is 0.929 bits per heavy atom. The predicted molar refractivity (Wildman–Crippen MR) is 55.0 cm³/mol. The first-order valence-electron chi connectivity index (χ1n) is 4.79. The van der Waals surface area contributed by atoms with E-state index in [1.165, 1.54) is 0 Å². The maximum Gasteiger partial charge on any atom is 0.178 e. The lowest BCUT2D eigenvalue weighted by Gasteiger charge is -2.17. The molecule has 1 heterocycles. The minimum atomic E-state index is -0.0869. The van der Waals surface area contributed by atoms with Gasteiger partial charge in [0.15, 0.2) is 11.6 Å². The molecule has 0 aliphatic rings. The summed E-state index contributed by atoms with van der Waals surface area (Å²) in [5.41, 5.74) is -0.174. The van der Waals surface area contributed by atoms with E-state index in [0.29, 0.717) is 11.6 Å². The third-order valence-electron chi connectivity index (χ3n) is 1.82. The molecular weight excluding hydrogens is 176 g/mol. The minimum Gasteiger partial charge on any atom is -0.131 e. The lowest BCUT2D eigenvalue weighted by atomic mass is 9.95. The van der Waals surface area contributed by atoms with E-state index >= 15 is 0 Å². The Morgan fingerprint density at radius 1 is 0.571 bits per heavy atom. The number of hydrogen-bond acceptors (Lipinski definition) is 4. The molecule has 0 atom stereocenters. The van der Waals surface area contributed by atoms with Crippen LogP contribution in [0, 0.1) is 0 Å². The van der Waals surface area contributed by atoms with Crippen LogP contribution < -0.4 is 0 Å². The van der Waals surface area contributed by atoms with Crippen LogP contribution in [0.3, 0.4) is 0 Å². The van der Waals surface area contributed by atoms with E-state index in [2.05, 4.69) is 20.4 Å². The molecule has 0 radical (unpaired) electrons. The third kappa shape index (κ3) is 2.47. The standard InChI is InChI=1S/C10H18N4/c1-9(2,3)7-11-13-8(14-12-7)10(4,5)6/h1-6H3. The Morgan fingerprint density at radius 2 is 0.786 bits per heavy atom. The summed E-state index contributed by atoms with van der Waals surface area (Å²) in [6, 6.07) is 0. The minimum absolute atomic E-state index is 0.0869. The van der Waals surface area contributed by atoms with Gasteiger partial charge in [-0.1, -0.05) is 41.5 Å². The molecule has 0 amide bonds. The van der Waals surface area contributed by atoms with Gasteiger partial charge in [-0.15, -0.1) is 20.4 Å². The van der Waals surface area contributed by atoms with Crippen molar-refractivity contribution in [2.24, 2.45) is 0 Å². The molecule has 1 rings (SSSR count). The van der Waals surface area contributed by atoms with Crippen molar-refractivity contribution >= 4 is 0 Å². The van der Waals surface area contributed by atoms with Gasteiger partial charge in [0, 0.05) is 10.8 Å². The van der Waals surface area contributed by atoms with Gasteiger partial charge in [-0.3, -0.25) is 0 Å². The Kier molecular flexibility index (Phi) is 2.56. The summed E-state index contributed by atoms with van der Waals surface area (Å²) in [4.78, 5) is 0. The Labute approximate surface area is 85.2 Å². The summed E-state index contributed by atoms with van der Waals surface area (Å²) < 4.78 is 0. The van der Waals surface area contributed by atoms with E-state index in [9.17, 15) is 0 Å². The van der Waals surface area contributed by atoms with Gasteiger partial charge in [-0.05, 0) is 0 Å². The zero-order valence-electron chi connectivity index (χ0n) is 9.79. The summed E-state index contributed by atoms with van der Waals surface area (Å²) in [5, 5.41) is 16.4. The summed E-state index contributed by atoms with van der Waals surface area (Å²) in [7, 11) is 0. The largest absolute Gasteiger partial charge is 0.178 e. The van der Waals surface area contributed by atoms with Crippen molar-refractivity contribution in [1.29, 1.82) is 0 Å². The van der Waals surface area contributed by atoms with Crippen molar-refractivity contribution < 1.29 is 0 Å². The maximum atomic E-state index is 4.09. The van der Waals surface area contributed by atoms with Gasteiger partial charge >= 0.3 is 0 Å². The first-order chi connectivity index (χ1) is 6.21. The lowest BCUT2D eigenvalue weighted by Crippen LogP contribution is -2.23. The van der Waals surface area contributed by atoms with Crippen LogP contribution in [0.1, 0.15) is 53.2 Å². The van der Waals surface area contributed by atoms with Crippen LogP contribution >= 0.6 is 0 Å². The highest BCUT2D eigenvalue weighted by Gasteiger charge is 2.22. The molecule has 14 heavy (non-hydrogen) atoms. The topological polar surface area (TPSA) is 51.6 Å². The van der Waals surface area contributed by atoms with Crippen LogP contribution in [0.15, 0.2) is 0 Å². The van der Waals surface area contributed by atoms with Crippen LogP contribution in [-0.2, 0) is 10.8 Å². The predicted octanol–water partition coefficient (Wildman–Crippen LogP) is 1.86. The fourth-order valence-corrected chi connectivity index (χ4v) is 0.829. The molecule has 0 N–H and O–H groups in total. The van der Waals surface area contributed by atoms with Crippen molar-refractivity contribution in [3.63, 3.8) is 0 Å². The van der Waals surface area contributed by atoms with Gasteiger partial charge < -0.3 is 0 Å². The van der Waals surface area contributed by atoms with E-state index in [1.807, 2.05) is 41.5 Å². The second kappa shape index (κ2) is 3.26. The molecule has 78 valence electrons. The van der Waals surface area contributed by atoms with Crippen LogP contribution in [0.25, 0.3) is 0 Å². The molecule has 0 saturated carbocycles. The monoisotopic (exact) mass is 194 g/mol. The second-order valence-corrected chi connectivity index (χ2v) is 5.55. The third-order valence-corrected chi connectivity index (χ3v) is 1.82. The highest BCUT2D eigenvalue weighted by atomic mass is 15.3. The average Bonchev–Trinajstić information content (AvgIpc) is 2.01.